The molecular formula is C7H9Y-. The van der Waals surface area contributed by atoms with E-state index >= 15 is 0 Å². The van der Waals surface area contributed by atoms with E-state index in [-0.39, 0.29) is 32.7 Å². The number of hydrogen-bond acceptors (Lipinski definition) is 0. The minimum absolute atomic E-state index is 0. The van der Waals surface area contributed by atoms with Gasteiger partial charge in [0.1, 0.15) is 0 Å². The molecule has 0 saturated carbocycles. The van der Waals surface area contributed by atoms with Crippen LogP contribution in [-0.4, -0.2) is 0 Å². The molecule has 0 aliphatic heterocycles. The molecule has 0 fully saturated rings. The van der Waals surface area contributed by atoms with Crippen molar-refractivity contribution >= 4 is 0 Å². The van der Waals surface area contributed by atoms with E-state index in [0.717, 1.165) is 0 Å². The van der Waals surface area contributed by atoms with Gasteiger partial charge in [-0.1, -0.05) is 13.8 Å². The maximum absolute atomic E-state index is 3.78. The standard InChI is InChI=1S/C7H9.Y/c1-5-4-6(2)7(5)3;/h4H,1H2,2-3H3;/q-1;. The molecule has 0 N–H and O–H groups in total. The van der Waals surface area contributed by atoms with Crippen LogP contribution in [0.1, 0.15) is 13.8 Å². The second-order valence-electron chi connectivity index (χ2n) is 1.98. The summed E-state index contributed by atoms with van der Waals surface area (Å²) in [7, 11) is 0. The predicted octanol–water partition coefficient (Wildman–Crippen LogP) is 2.09. The van der Waals surface area contributed by atoms with Crippen LogP contribution in [0.15, 0.2) is 23.3 Å². The Bertz CT molecular complexity index is 142. The third-order valence-corrected chi connectivity index (χ3v) is 1.46. The minimum Gasteiger partial charge on any atom is -0.171 e. The molecule has 1 radical (unpaired) electrons. The molecule has 8 heavy (non-hydrogen) atoms. The van der Waals surface area contributed by atoms with Crippen LogP contribution in [-0.2, 0) is 32.7 Å². The number of rotatable bonds is 0. The molecule has 0 atom stereocenters. The van der Waals surface area contributed by atoms with Crippen molar-refractivity contribution in [3.63, 3.8) is 0 Å². The van der Waals surface area contributed by atoms with Gasteiger partial charge >= 0.3 is 0 Å². The van der Waals surface area contributed by atoms with Gasteiger partial charge in [0, 0.05) is 32.7 Å². The van der Waals surface area contributed by atoms with Gasteiger partial charge in [-0.3, -0.25) is 0 Å². The fraction of sp³-hybridized carbons (Fsp3) is 0.286. The van der Waals surface area contributed by atoms with Crippen molar-refractivity contribution in [2.75, 3.05) is 0 Å². The van der Waals surface area contributed by atoms with Crippen LogP contribution in [0.25, 0.3) is 0 Å². The fourth-order valence-corrected chi connectivity index (χ4v) is 0.653. The summed E-state index contributed by atoms with van der Waals surface area (Å²) in [6.07, 6.45) is 2.09. The van der Waals surface area contributed by atoms with E-state index in [1.165, 1.54) is 16.7 Å². The Morgan fingerprint density at radius 2 is 1.88 bits per heavy atom. The largest absolute Gasteiger partial charge is 0.171 e. The van der Waals surface area contributed by atoms with Crippen LogP contribution in [0.4, 0.5) is 0 Å². The summed E-state index contributed by atoms with van der Waals surface area (Å²) < 4.78 is 0. The van der Waals surface area contributed by atoms with E-state index in [1.54, 1.807) is 0 Å². The molecule has 1 aliphatic carbocycles. The van der Waals surface area contributed by atoms with E-state index in [2.05, 4.69) is 26.8 Å². The first-order valence-corrected chi connectivity index (χ1v) is 2.43. The summed E-state index contributed by atoms with van der Waals surface area (Å²) in [5, 5.41) is 0. The monoisotopic (exact) mass is 182 g/mol. The molecule has 0 aromatic rings. The van der Waals surface area contributed by atoms with Crippen LogP contribution in [0.5, 0.6) is 0 Å². The summed E-state index contributed by atoms with van der Waals surface area (Å²) in [5.41, 5.74) is 3.93. The van der Waals surface area contributed by atoms with Gasteiger partial charge in [0.2, 0.25) is 0 Å². The van der Waals surface area contributed by atoms with E-state index in [9.17, 15) is 0 Å². The summed E-state index contributed by atoms with van der Waals surface area (Å²) in [4.78, 5) is 0. The number of allylic oxidation sites excluding steroid dienone is 3. The summed E-state index contributed by atoms with van der Waals surface area (Å²) in [6, 6.07) is 0. The molecule has 0 saturated heterocycles. The Balaban J connectivity index is 0.000000490. The zero-order chi connectivity index (χ0) is 5.44. The maximum atomic E-state index is 3.78. The SMILES string of the molecule is C=C1[CH-]C(C)=C1C.[Y]. The van der Waals surface area contributed by atoms with Crippen molar-refractivity contribution in [2.45, 2.75) is 13.8 Å². The van der Waals surface area contributed by atoms with E-state index in [1.807, 2.05) is 0 Å². The molecule has 0 spiro atoms. The molecule has 0 unspecified atom stereocenters. The van der Waals surface area contributed by atoms with Gasteiger partial charge in [0.05, 0.1) is 0 Å². The maximum Gasteiger partial charge on any atom is 0 e. The average molecular weight is 182 g/mol. The van der Waals surface area contributed by atoms with Crippen LogP contribution in [0, 0.1) is 6.42 Å². The van der Waals surface area contributed by atoms with Crippen LogP contribution in [0.3, 0.4) is 0 Å². The molecule has 0 bridgehead atoms. The normalized spacial score (nSPS) is 16.5. The summed E-state index contributed by atoms with van der Waals surface area (Å²) in [6.45, 7) is 7.97. The van der Waals surface area contributed by atoms with Crippen molar-refractivity contribution in [3.05, 3.63) is 29.7 Å². The molecule has 0 aromatic heterocycles. The van der Waals surface area contributed by atoms with Gasteiger partial charge in [-0.05, 0) is 0 Å². The number of hydrogen-bond donors (Lipinski definition) is 0. The molecule has 1 aliphatic rings. The Kier molecular flexibility index (Phi) is 3.00. The van der Waals surface area contributed by atoms with E-state index in [4.69, 9.17) is 0 Å². The molecule has 0 aromatic carbocycles. The Morgan fingerprint density at radius 3 is 1.88 bits per heavy atom. The van der Waals surface area contributed by atoms with Gasteiger partial charge in [0.25, 0.3) is 0 Å². The van der Waals surface area contributed by atoms with Gasteiger partial charge < -0.3 is 0 Å². The van der Waals surface area contributed by atoms with Crippen molar-refractivity contribution in [3.8, 4) is 0 Å². The predicted molar refractivity (Wildman–Crippen MR) is 31.8 cm³/mol. The van der Waals surface area contributed by atoms with Crippen LogP contribution >= 0.6 is 0 Å². The van der Waals surface area contributed by atoms with Crippen LogP contribution < -0.4 is 0 Å². The molecule has 41 valence electrons. The second kappa shape index (κ2) is 2.84. The molecule has 1 heteroatoms. The van der Waals surface area contributed by atoms with Gasteiger partial charge in [-0.15, -0.1) is 17.6 Å². The van der Waals surface area contributed by atoms with Gasteiger partial charge in [-0.2, -0.15) is 12.2 Å². The first-order chi connectivity index (χ1) is 3.22. The third kappa shape index (κ3) is 1.24. The van der Waals surface area contributed by atoms with Crippen molar-refractivity contribution in [1.82, 2.24) is 0 Å². The smallest absolute Gasteiger partial charge is 0 e. The van der Waals surface area contributed by atoms with Crippen molar-refractivity contribution < 1.29 is 32.7 Å². The second-order valence-corrected chi connectivity index (χ2v) is 1.98. The quantitative estimate of drug-likeness (QED) is 0.503. The average Bonchev–Trinajstić information content (AvgIpc) is 1.68. The molecule has 0 nitrogen and oxygen atoms in total. The zero-order valence-corrected chi connectivity index (χ0v) is 8.20. The summed E-state index contributed by atoms with van der Waals surface area (Å²) >= 11 is 0. The molecule has 0 heterocycles. The topological polar surface area (TPSA) is 0 Å². The first-order valence-electron chi connectivity index (χ1n) is 2.43. The third-order valence-electron chi connectivity index (χ3n) is 1.46. The molecular weight excluding hydrogens is 173 g/mol. The molecule has 0 amide bonds. The van der Waals surface area contributed by atoms with Gasteiger partial charge in [0.15, 0.2) is 0 Å². The Morgan fingerprint density at radius 1 is 1.38 bits per heavy atom. The van der Waals surface area contributed by atoms with E-state index in [0.29, 0.717) is 0 Å². The summed E-state index contributed by atoms with van der Waals surface area (Å²) in [5.74, 6) is 0. The minimum atomic E-state index is 0. The Labute approximate surface area is 75.9 Å². The van der Waals surface area contributed by atoms with Crippen molar-refractivity contribution in [2.24, 2.45) is 0 Å². The zero-order valence-electron chi connectivity index (χ0n) is 5.36. The Hall–Kier alpha value is 0.454. The van der Waals surface area contributed by atoms with Crippen LogP contribution in [0.2, 0.25) is 0 Å². The van der Waals surface area contributed by atoms with Gasteiger partial charge in [-0.25, -0.2) is 0 Å². The fourth-order valence-electron chi connectivity index (χ4n) is 0.653. The first kappa shape index (κ1) is 8.45. The van der Waals surface area contributed by atoms with Crippen molar-refractivity contribution in [1.29, 1.82) is 0 Å². The molecule has 1 rings (SSSR count). The van der Waals surface area contributed by atoms with E-state index < -0.39 is 0 Å².